The average Bonchev–Trinajstić information content (AvgIpc) is 2.30. The van der Waals surface area contributed by atoms with Crippen molar-refractivity contribution in [2.24, 2.45) is 0 Å². The summed E-state index contributed by atoms with van der Waals surface area (Å²) in [5.74, 6) is -0.196. The van der Waals surface area contributed by atoms with E-state index in [1.54, 1.807) is 12.1 Å². The third kappa shape index (κ3) is 4.06. The minimum absolute atomic E-state index is 0.0505. The molecule has 0 aliphatic carbocycles. The summed E-state index contributed by atoms with van der Waals surface area (Å²) >= 11 is 1.26. The van der Waals surface area contributed by atoms with E-state index < -0.39 is 0 Å². The van der Waals surface area contributed by atoms with Crippen molar-refractivity contribution in [2.75, 3.05) is 5.73 Å². The van der Waals surface area contributed by atoms with Crippen molar-refractivity contribution < 1.29 is 9.13 Å². The van der Waals surface area contributed by atoms with E-state index in [1.165, 1.54) is 23.9 Å². The molecule has 2 rings (SSSR count). The van der Waals surface area contributed by atoms with Crippen LogP contribution in [-0.2, 0) is 0 Å². The van der Waals surface area contributed by atoms with E-state index in [0.717, 1.165) is 4.90 Å². The highest BCUT2D eigenvalue weighted by atomic mass is 32.2. The summed E-state index contributed by atoms with van der Waals surface area (Å²) in [6.07, 6.45) is -0.0505. The predicted octanol–water partition coefficient (Wildman–Crippen LogP) is 2.53. The zero-order chi connectivity index (χ0) is 13.8. The Kier molecular flexibility index (Phi) is 4.16. The molecule has 19 heavy (non-hydrogen) atoms. The fraction of sp³-hybridized carbons (Fsp3) is 0.250. The van der Waals surface area contributed by atoms with Gasteiger partial charge in [0.25, 0.3) is 0 Å². The van der Waals surface area contributed by atoms with Gasteiger partial charge in [-0.05, 0) is 49.9 Å². The maximum atomic E-state index is 12.8. The van der Waals surface area contributed by atoms with Crippen LogP contribution in [0.5, 0.6) is 6.01 Å². The Morgan fingerprint density at radius 3 is 2.47 bits per heavy atom. The maximum Gasteiger partial charge on any atom is 0.322 e. The van der Waals surface area contributed by atoms with Crippen molar-refractivity contribution in [2.45, 2.75) is 30.0 Å². The summed E-state index contributed by atoms with van der Waals surface area (Å²) in [5.41, 5.74) is 5.60. The van der Waals surface area contributed by atoms with Gasteiger partial charge in [-0.2, -0.15) is 15.0 Å². The number of aromatic nitrogens is 3. The zero-order valence-electron chi connectivity index (χ0n) is 10.5. The third-order valence-electron chi connectivity index (χ3n) is 1.98. The summed E-state index contributed by atoms with van der Waals surface area (Å²) < 4.78 is 18.2. The van der Waals surface area contributed by atoms with Crippen LogP contribution in [0.1, 0.15) is 13.8 Å². The Morgan fingerprint density at radius 1 is 1.16 bits per heavy atom. The van der Waals surface area contributed by atoms with Crippen molar-refractivity contribution in [3.63, 3.8) is 0 Å². The van der Waals surface area contributed by atoms with Gasteiger partial charge >= 0.3 is 6.01 Å². The molecule has 0 saturated heterocycles. The van der Waals surface area contributed by atoms with Gasteiger partial charge in [0, 0.05) is 4.90 Å². The molecule has 7 heteroatoms. The summed E-state index contributed by atoms with van der Waals surface area (Å²) in [4.78, 5) is 12.8. The molecule has 2 N–H and O–H groups in total. The Bertz CT molecular complexity index is 562. The molecule has 0 aliphatic rings. The Hall–Kier alpha value is -1.89. The van der Waals surface area contributed by atoms with Crippen molar-refractivity contribution >= 4 is 17.7 Å². The number of ether oxygens (including phenoxy) is 1. The lowest BCUT2D eigenvalue weighted by molar-refractivity contribution is 0.219. The van der Waals surface area contributed by atoms with Crippen LogP contribution in [0.2, 0.25) is 0 Å². The standard InChI is InChI=1S/C12H13FN4OS/c1-7(2)18-11-15-10(14)16-12(17-11)19-9-5-3-8(13)4-6-9/h3-7H,1-2H3,(H2,14,15,16,17). The molecular formula is C12H13FN4OS. The highest BCUT2D eigenvalue weighted by molar-refractivity contribution is 7.99. The predicted molar refractivity (Wildman–Crippen MR) is 70.5 cm³/mol. The quantitative estimate of drug-likeness (QED) is 0.927. The van der Waals surface area contributed by atoms with Gasteiger partial charge in [0.2, 0.25) is 11.1 Å². The Labute approximate surface area is 114 Å². The zero-order valence-corrected chi connectivity index (χ0v) is 11.3. The highest BCUT2D eigenvalue weighted by Crippen LogP contribution is 2.26. The van der Waals surface area contributed by atoms with Gasteiger partial charge in [0.15, 0.2) is 0 Å². The highest BCUT2D eigenvalue weighted by Gasteiger charge is 2.08. The number of halogens is 1. The molecule has 0 atom stereocenters. The van der Waals surface area contributed by atoms with Crippen molar-refractivity contribution in [3.05, 3.63) is 30.1 Å². The summed E-state index contributed by atoms with van der Waals surface area (Å²) in [7, 11) is 0. The number of hydrogen-bond acceptors (Lipinski definition) is 6. The molecule has 0 unspecified atom stereocenters. The SMILES string of the molecule is CC(C)Oc1nc(N)nc(Sc2ccc(F)cc2)n1. The lowest BCUT2D eigenvalue weighted by Gasteiger charge is -2.08. The minimum atomic E-state index is -0.289. The molecule has 0 spiro atoms. The van der Waals surface area contributed by atoms with E-state index in [-0.39, 0.29) is 23.9 Å². The molecule has 0 amide bonds. The number of benzene rings is 1. The molecule has 2 aromatic rings. The molecule has 0 saturated carbocycles. The van der Waals surface area contributed by atoms with Gasteiger partial charge in [-0.25, -0.2) is 4.39 Å². The molecule has 1 heterocycles. The number of anilines is 1. The van der Waals surface area contributed by atoms with Crippen LogP contribution in [0.4, 0.5) is 10.3 Å². The third-order valence-corrected chi connectivity index (χ3v) is 2.85. The number of nitrogens with zero attached hydrogens (tertiary/aromatic N) is 3. The van der Waals surface area contributed by atoms with Crippen LogP contribution in [0, 0.1) is 5.82 Å². The first-order valence-corrected chi connectivity index (χ1v) is 6.46. The van der Waals surface area contributed by atoms with E-state index in [1.807, 2.05) is 13.8 Å². The lowest BCUT2D eigenvalue weighted by atomic mass is 10.4. The average molecular weight is 280 g/mol. The first-order chi connectivity index (χ1) is 9.02. The number of nitrogens with two attached hydrogens (primary N) is 1. The monoisotopic (exact) mass is 280 g/mol. The molecule has 0 bridgehead atoms. The topological polar surface area (TPSA) is 73.9 Å². The van der Waals surface area contributed by atoms with E-state index in [0.29, 0.717) is 5.16 Å². The second-order valence-corrected chi connectivity index (χ2v) is 5.02. The normalized spacial score (nSPS) is 10.7. The van der Waals surface area contributed by atoms with Gasteiger partial charge in [-0.3, -0.25) is 0 Å². The van der Waals surface area contributed by atoms with Gasteiger partial charge in [-0.1, -0.05) is 0 Å². The molecule has 0 aliphatic heterocycles. The van der Waals surface area contributed by atoms with Crippen LogP contribution >= 0.6 is 11.8 Å². The molecular weight excluding hydrogens is 267 g/mol. The summed E-state index contributed by atoms with van der Waals surface area (Å²) in [6, 6.07) is 6.22. The van der Waals surface area contributed by atoms with E-state index in [9.17, 15) is 4.39 Å². The van der Waals surface area contributed by atoms with Crippen LogP contribution in [0.25, 0.3) is 0 Å². The second kappa shape index (κ2) is 5.83. The molecule has 5 nitrogen and oxygen atoms in total. The summed E-state index contributed by atoms with van der Waals surface area (Å²) in [5, 5.41) is 0.412. The van der Waals surface area contributed by atoms with E-state index in [2.05, 4.69) is 15.0 Å². The van der Waals surface area contributed by atoms with Crippen LogP contribution in [0.15, 0.2) is 34.3 Å². The smallest absolute Gasteiger partial charge is 0.322 e. The largest absolute Gasteiger partial charge is 0.461 e. The maximum absolute atomic E-state index is 12.8. The molecule has 0 fully saturated rings. The molecule has 100 valence electrons. The van der Waals surface area contributed by atoms with Gasteiger partial charge in [-0.15, -0.1) is 0 Å². The lowest BCUT2D eigenvalue weighted by Crippen LogP contribution is -2.10. The molecule has 0 radical (unpaired) electrons. The van der Waals surface area contributed by atoms with Crippen molar-refractivity contribution in [1.82, 2.24) is 15.0 Å². The first-order valence-electron chi connectivity index (χ1n) is 5.64. The van der Waals surface area contributed by atoms with Gasteiger partial charge < -0.3 is 10.5 Å². The van der Waals surface area contributed by atoms with E-state index in [4.69, 9.17) is 10.5 Å². The van der Waals surface area contributed by atoms with Crippen LogP contribution in [-0.4, -0.2) is 21.1 Å². The van der Waals surface area contributed by atoms with E-state index >= 15 is 0 Å². The fourth-order valence-electron chi connectivity index (χ4n) is 1.27. The Balaban J connectivity index is 2.19. The molecule has 1 aromatic heterocycles. The van der Waals surface area contributed by atoms with Crippen LogP contribution in [0.3, 0.4) is 0 Å². The Morgan fingerprint density at radius 2 is 1.84 bits per heavy atom. The van der Waals surface area contributed by atoms with Crippen molar-refractivity contribution in [3.8, 4) is 6.01 Å². The van der Waals surface area contributed by atoms with Gasteiger partial charge in [0.05, 0.1) is 6.10 Å². The molecule has 1 aromatic carbocycles. The minimum Gasteiger partial charge on any atom is -0.461 e. The van der Waals surface area contributed by atoms with Crippen LogP contribution < -0.4 is 10.5 Å². The number of hydrogen-bond donors (Lipinski definition) is 1. The number of rotatable bonds is 4. The van der Waals surface area contributed by atoms with Crippen molar-refractivity contribution in [1.29, 1.82) is 0 Å². The summed E-state index contributed by atoms with van der Waals surface area (Å²) in [6.45, 7) is 3.74. The fourth-order valence-corrected chi connectivity index (χ4v) is 2.02. The second-order valence-electron chi connectivity index (χ2n) is 3.98. The first kappa shape index (κ1) is 13.5. The number of nitrogen functional groups attached to an aromatic ring is 1. The van der Waals surface area contributed by atoms with Gasteiger partial charge in [0.1, 0.15) is 5.82 Å².